The second-order valence-corrected chi connectivity index (χ2v) is 8.91. The van der Waals surface area contributed by atoms with Gasteiger partial charge in [0.2, 0.25) is 11.7 Å². The number of amides is 1. The van der Waals surface area contributed by atoms with Gasteiger partial charge < -0.3 is 15.1 Å². The highest BCUT2D eigenvalue weighted by Gasteiger charge is 2.30. The predicted molar refractivity (Wildman–Crippen MR) is 130 cm³/mol. The number of para-hydroxylation sites is 3. The third-order valence-corrected chi connectivity index (χ3v) is 6.53. The summed E-state index contributed by atoms with van der Waals surface area (Å²) in [5.41, 5.74) is 2.26. The molecule has 1 aromatic heterocycles. The van der Waals surface area contributed by atoms with Crippen LogP contribution in [0.15, 0.2) is 52.9 Å². The summed E-state index contributed by atoms with van der Waals surface area (Å²) in [6, 6.07) is 15.2. The zero-order chi connectivity index (χ0) is 23.9. The summed E-state index contributed by atoms with van der Waals surface area (Å²) < 4.78 is 5.64. The van der Waals surface area contributed by atoms with Crippen LogP contribution >= 0.6 is 0 Å². The number of benzene rings is 2. The maximum Gasteiger partial charge on any atom is 0.266 e. The van der Waals surface area contributed by atoms with Crippen LogP contribution in [-0.2, 0) is 4.79 Å². The molecule has 2 N–H and O–H groups in total. The second kappa shape index (κ2) is 11.0. The number of anilines is 1. The van der Waals surface area contributed by atoms with Gasteiger partial charge in [-0.15, -0.1) is 0 Å². The number of oxazole rings is 1. The number of aromatic nitrogens is 1. The number of hydrogen-bond acceptors (Lipinski definition) is 6. The maximum absolute atomic E-state index is 13.4. The first-order valence-corrected chi connectivity index (χ1v) is 12.0. The zero-order valence-corrected chi connectivity index (χ0v) is 19.4. The van der Waals surface area contributed by atoms with E-state index in [1.807, 2.05) is 25.1 Å². The lowest BCUT2D eigenvalue weighted by Crippen LogP contribution is -2.48. The average molecular weight is 459 g/mol. The number of nitrogens with one attached hydrogen (secondary N) is 2. The normalized spacial score (nSPS) is 15.9. The number of rotatable bonds is 9. The molecule has 1 fully saturated rings. The van der Waals surface area contributed by atoms with E-state index >= 15 is 0 Å². The van der Waals surface area contributed by atoms with E-state index in [2.05, 4.69) is 21.7 Å². The van der Waals surface area contributed by atoms with Crippen molar-refractivity contribution in [2.45, 2.75) is 64.0 Å². The molecule has 2 aromatic carbocycles. The maximum atomic E-state index is 13.4. The Balaban J connectivity index is 1.52. The van der Waals surface area contributed by atoms with E-state index in [4.69, 9.17) is 4.42 Å². The van der Waals surface area contributed by atoms with Gasteiger partial charge in [0.15, 0.2) is 5.58 Å². The van der Waals surface area contributed by atoms with E-state index in [0.717, 1.165) is 12.8 Å². The van der Waals surface area contributed by atoms with Crippen LogP contribution in [0.4, 0.5) is 5.69 Å². The first kappa shape index (κ1) is 23.5. The minimum atomic E-state index is -0.748. The number of nitriles is 1. The monoisotopic (exact) mass is 458 g/mol. The quantitative estimate of drug-likeness (QED) is 0.425. The van der Waals surface area contributed by atoms with E-state index in [-0.39, 0.29) is 17.6 Å². The van der Waals surface area contributed by atoms with Gasteiger partial charge in [-0.1, -0.05) is 63.3 Å². The molecule has 1 aliphatic rings. The van der Waals surface area contributed by atoms with Gasteiger partial charge in [0, 0.05) is 0 Å². The minimum absolute atomic E-state index is 0.0000316. The molecule has 0 saturated heterocycles. The molecular formula is C27H30N4O3. The lowest BCUT2D eigenvalue weighted by Gasteiger charge is -2.28. The Morgan fingerprint density at radius 3 is 2.56 bits per heavy atom. The molecule has 0 radical (unpaired) electrons. The molecule has 1 aliphatic carbocycles. The van der Waals surface area contributed by atoms with Crippen LogP contribution in [0, 0.1) is 17.2 Å². The number of nitrogens with zero attached hydrogens (tertiary/aromatic N) is 2. The van der Waals surface area contributed by atoms with Crippen LogP contribution in [0.1, 0.15) is 68.1 Å². The third-order valence-electron chi connectivity index (χ3n) is 6.53. The molecule has 0 bridgehead atoms. The Morgan fingerprint density at radius 2 is 1.82 bits per heavy atom. The van der Waals surface area contributed by atoms with Gasteiger partial charge in [-0.3, -0.25) is 9.59 Å². The first-order chi connectivity index (χ1) is 16.6. The molecule has 7 nitrogen and oxygen atoms in total. The van der Waals surface area contributed by atoms with Crippen molar-refractivity contribution in [1.29, 1.82) is 5.26 Å². The molecule has 176 valence electrons. The van der Waals surface area contributed by atoms with Crippen molar-refractivity contribution in [3.8, 4) is 6.07 Å². The average Bonchev–Trinajstić information content (AvgIpc) is 3.31. The Labute approximate surface area is 199 Å². The number of carbonyl (C=O) groups is 2. The number of Topliss-reactive ketones (excluding diaryl/α,β-unsaturated/α-hetero) is 1. The largest absolute Gasteiger partial charge is 0.434 e. The fourth-order valence-corrected chi connectivity index (χ4v) is 4.63. The van der Waals surface area contributed by atoms with E-state index < -0.39 is 12.1 Å². The van der Waals surface area contributed by atoms with Gasteiger partial charge in [0.05, 0.1) is 17.3 Å². The zero-order valence-electron chi connectivity index (χ0n) is 19.4. The second-order valence-electron chi connectivity index (χ2n) is 8.91. The SMILES string of the molecule is CCC(NC(=O)C(CC1CCCCC1)Nc1ccccc1C#N)C(=O)c1nc2ccccc2o1. The lowest BCUT2D eigenvalue weighted by molar-refractivity contribution is -0.122. The topological polar surface area (TPSA) is 108 Å². The van der Waals surface area contributed by atoms with E-state index in [0.29, 0.717) is 41.1 Å². The minimum Gasteiger partial charge on any atom is -0.434 e. The van der Waals surface area contributed by atoms with Crippen molar-refractivity contribution in [1.82, 2.24) is 10.3 Å². The smallest absolute Gasteiger partial charge is 0.266 e. The van der Waals surface area contributed by atoms with Crippen molar-refractivity contribution in [3.05, 3.63) is 60.0 Å². The van der Waals surface area contributed by atoms with E-state index in [1.165, 1.54) is 19.3 Å². The van der Waals surface area contributed by atoms with Crippen molar-refractivity contribution in [3.63, 3.8) is 0 Å². The van der Waals surface area contributed by atoms with Crippen molar-refractivity contribution < 1.29 is 14.0 Å². The number of fused-ring (bicyclic) bond motifs is 1. The summed E-state index contributed by atoms with van der Waals surface area (Å²) in [6.45, 7) is 1.85. The fourth-order valence-electron chi connectivity index (χ4n) is 4.63. The van der Waals surface area contributed by atoms with Crippen LogP contribution < -0.4 is 10.6 Å². The highest BCUT2D eigenvalue weighted by molar-refractivity contribution is 6.00. The summed E-state index contributed by atoms with van der Waals surface area (Å²) in [5, 5.41) is 15.7. The van der Waals surface area contributed by atoms with Crippen LogP contribution in [0.3, 0.4) is 0 Å². The van der Waals surface area contributed by atoms with Crippen molar-refractivity contribution in [2.75, 3.05) is 5.32 Å². The molecule has 2 atom stereocenters. The molecule has 4 rings (SSSR count). The number of hydrogen-bond donors (Lipinski definition) is 2. The molecule has 2 unspecified atom stereocenters. The first-order valence-electron chi connectivity index (χ1n) is 12.0. The lowest BCUT2D eigenvalue weighted by atomic mass is 9.84. The summed E-state index contributed by atoms with van der Waals surface area (Å²) in [6.07, 6.45) is 6.81. The van der Waals surface area contributed by atoms with Crippen molar-refractivity contribution in [2.24, 2.45) is 5.92 Å². The Bertz CT molecular complexity index is 1160. The van der Waals surface area contributed by atoms with Crippen LogP contribution in [0.5, 0.6) is 0 Å². The van der Waals surface area contributed by atoms with Crippen LogP contribution in [0.25, 0.3) is 11.1 Å². The highest BCUT2D eigenvalue weighted by atomic mass is 16.4. The van der Waals surface area contributed by atoms with Gasteiger partial charge >= 0.3 is 0 Å². The molecule has 3 aromatic rings. The van der Waals surface area contributed by atoms with Crippen molar-refractivity contribution >= 4 is 28.5 Å². The van der Waals surface area contributed by atoms with E-state index in [1.54, 1.807) is 30.3 Å². The molecule has 1 heterocycles. The van der Waals surface area contributed by atoms with E-state index in [9.17, 15) is 14.9 Å². The molecule has 1 amide bonds. The standard InChI is InChI=1S/C27H30N4O3/c1-2-20(25(32)27-31-22-14-8-9-15-24(22)34-27)30-26(33)23(16-18-10-4-3-5-11-18)29-21-13-7-6-12-19(21)17-28/h6-9,12-15,18,20,23,29H,2-5,10-11,16H2,1H3,(H,30,33). The molecule has 7 heteroatoms. The summed E-state index contributed by atoms with van der Waals surface area (Å²) in [4.78, 5) is 30.9. The van der Waals surface area contributed by atoms with Gasteiger partial charge in [-0.05, 0) is 43.0 Å². The molecule has 1 saturated carbocycles. The summed E-state index contributed by atoms with van der Waals surface area (Å²) >= 11 is 0. The Kier molecular flexibility index (Phi) is 7.58. The molecule has 0 spiro atoms. The predicted octanol–water partition coefficient (Wildman–Crippen LogP) is 5.23. The molecule has 34 heavy (non-hydrogen) atoms. The number of ketones is 1. The van der Waals surface area contributed by atoms with Crippen LogP contribution in [-0.4, -0.2) is 28.8 Å². The summed E-state index contributed by atoms with van der Waals surface area (Å²) in [7, 11) is 0. The Morgan fingerprint density at radius 1 is 1.09 bits per heavy atom. The summed E-state index contributed by atoms with van der Waals surface area (Å²) in [5.74, 6) is -0.172. The molecular weight excluding hydrogens is 428 g/mol. The molecule has 0 aliphatic heterocycles. The van der Waals surface area contributed by atoms with Crippen LogP contribution in [0.2, 0.25) is 0 Å². The number of carbonyl (C=O) groups excluding carboxylic acids is 2. The third kappa shape index (κ3) is 5.45. The van der Waals surface area contributed by atoms with Gasteiger partial charge in [0.1, 0.15) is 17.6 Å². The van der Waals surface area contributed by atoms with Gasteiger partial charge in [0.25, 0.3) is 5.89 Å². The Hall–Kier alpha value is -3.66. The fraction of sp³-hybridized carbons (Fsp3) is 0.407. The highest BCUT2D eigenvalue weighted by Crippen LogP contribution is 2.29. The van der Waals surface area contributed by atoms with Gasteiger partial charge in [-0.2, -0.15) is 5.26 Å². The van der Waals surface area contributed by atoms with Gasteiger partial charge in [-0.25, -0.2) is 4.98 Å².